The lowest BCUT2D eigenvalue weighted by Gasteiger charge is -2.35. The minimum atomic E-state index is -0.506. The van der Waals surface area contributed by atoms with Gasteiger partial charge >= 0.3 is 6.09 Å². The molecule has 1 amide bonds. The zero-order valence-corrected chi connectivity index (χ0v) is 14.6. The Kier molecular flexibility index (Phi) is 5.93. The molecule has 0 aliphatic heterocycles. The number of alkyl carbamates (subject to hydrolysis) is 1. The molecule has 0 bridgehead atoms. The number of nitrogens with one attached hydrogen (secondary N) is 2. The van der Waals surface area contributed by atoms with Crippen molar-refractivity contribution in [2.75, 3.05) is 6.54 Å². The van der Waals surface area contributed by atoms with Gasteiger partial charge in [0.1, 0.15) is 5.60 Å². The Morgan fingerprint density at radius 3 is 2.41 bits per heavy atom. The molecule has 7 nitrogen and oxygen atoms in total. The Hall–Kier alpha value is -1.63. The third-order valence-electron chi connectivity index (χ3n) is 3.49. The minimum Gasteiger partial charge on any atom is -0.444 e. The fraction of sp³-hybridized carbons (Fsp3) is 0.800. The molecule has 1 atom stereocenters. The molecular weight excluding hydrogens is 284 g/mol. The highest BCUT2D eigenvalue weighted by molar-refractivity contribution is 5.67. The fourth-order valence-electron chi connectivity index (χ4n) is 1.73. The maximum absolute atomic E-state index is 11.8. The van der Waals surface area contributed by atoms with E-state index in [1.807, 2.05) is 27.7 Å². The van der Waals surface area contributed by atoms with E-state index in [1.54, 1.807) is 6.92 Å². The smallest absolute Gasteiger partial charge is 0.407 e. The van der Waals surface area contributed by atoms with Crippen molar-refractivity contribution in [3.8, 4) is 0 Å². The van der Waals surface area contributed by atoms with Crippen molar-refractivity contribution < 1.29 is 14.1 Å². The van der Waals surface area contributed by atoms with Crippen LogP contribution in [-0.2, 0) is 11.3 Å². The molecule has 0 spiro atoms. The van der Waals surface area contributed by atoms with E-state index in [9.17, 15) is 4.79 Å². The van der Waals surface area contributed by atoms with Gasteiger partial charge in [-0.1, -0.05) is 19.0 Å². The Labute approximate surface area is 132 Å². The van der Waals surface area contributed by atoms with Gasteiger partial charge in [-0.3, -0.25) is 0 Å². The summed E-state index contributed by atoms with van der Waals surface area (Å²) >= 11 is 0. The molecule has 0 saturated carbocycles. The summed E-state index contributed by atoms with van der Waals surface area (Å²) in [4.78, 5) is 16.0. The maximum atomic E-state index is 11.8. The lowest BCUT2D eigenvalue weighted by Crippen LogP contribution is -2.55. The van der Waals surface area contributed by atoms with E-state index in [0.29, 0.717) is 24.8 Å². The summed E-state index contributed by atoms with van der Waals surface area (Å²) in [6.07, 6.45) is -0.420. The monoisotopic (exact) mass is 312 g/mol. The summed E-state index contributed by atoms with van der Waals surface area (Å²) in [6.45, 7) is 14.4. The molecule has 126 valence electrons. The van der Waals surface area contributed by atoms with Gasteiger partial charge in [0.05, 0.1) is 6.54 Å². The number of hydrogen-bond donors (Lipinski definition) is 2. The Morgan fingerprint density at radius 2 is 1.95 bits per heavy atom. The van der Waals surface area contributed by atoms with Crippen LogP contribution in [0.15, 0.2) is 4.52 Å². The maximum Gasteiger partial charge on any atom is 0.407 e. The molecule has 0 aliphatic carbocycles. The molecule has 0 unspecified atom stereocenters. The molecule has 2 N–H and O–H groups in total. The normalized spacial score (nSPS) is 14.7. The fourth-order valence-corrected chi connectivity index (χ4v) is 1.73. The Morgan fingerprint density at radius 1 is 1.32 bits per heavy atom. The molecule has 7 heteroatoms. The van der Waals surface area contributed by atoms with E-state index in [2.05, 4.69) is 34.6 Å². The van der Waals surface area contributed by atoms with Crippen molar-refractivity contribution in [2.45, 2.75) is 66.2 Å². The lowest BCUT2D eigenvalue weighted by atomic mass is 9.88. The standard InChI is InChI=1S/C15H28N4O3/c1-10(2)15(7,9-16-13(20)21-14(4,5)6)17-8-12-18-11(3)22-19-12/h10,17H,8-9H2,1-7H3,(H,16,20)/t15-/m1/s1. The Balaban J connectivity index is 2.57. The van der Waals surface area contributed by atoms with Crippen LogP contribution in [0.25, 0.3) is 0 Å². The van der Waals surface area contributed by atoms with E-state index < -0.39 is 11.7 Å². The average Bonchev–Trinajstić information content (AvgIpc) is 2.77. The number of ether oxygens (including phenoxy) is 1. The lowest BCUT2D eigenvalue weighted by molar-refractivity contribution is 0.0503. The predicted molar refractivity (Wildman–Crippen MR) is 83.4 cm³/mol. The second-order valence-corrected chi connectivity index (χ2v) is 7.01. The van der Waals surface area contributed by atoms with Crippen molar-refractivity contribution in [1.82, 2.24) is 20.8 Å². The van der Waals surface area contributed by atoms with Crippen LogP contribution in [0.5, 0.6) is 0 Å². The van der Waals surface area contributed by atoms with Gasteiger partial charge in [-0.25, -0.2) is 4.79 Å². The molecule has 1 aromatic heterocycles. The van der Waals surface area contributed by atoms with E-state index in [1.165, 1.54) is 0 Å². The summed E-state index contributed by atoms with van der Waals surface area (Å²) in [5.41, 5.74) is -0.820. The third kappa shape index (κ3) is 6.01. The molecule has 0 aromatic carbocycles. The highest BCUT2D eigenvalue weighted by Crippen LogP contribution is 2.17. The van der Waals surface area contributed by atoms with Crippen molar-refractivity contribution >= 4 is 6.09 Å². The van der Waals surface area contributed by atoms with Gasteiger partial charge in [0.15, 0.2) is 5.82 Å². The molecule has 0 fully saturated rings. The quantitative estimate of drug-likeness (QED) is 0.838. The number of amides is 1. The van der Waals surface area contributed by atoms with Crippen molar-refractivity contribution in [2.24, 2.45) is 5.92 Å². The van der Waals surface area contributed by atoms with Crippen LogP contribution >= 0.6 is 0 Å². The number of rotatable bonds is 6. The SMILES string of the molecule is Cc1nc(CN[C@](C)(CNC(=O)OC(C)(C)C)C(C)C)no1. The summed E-state index contributed by atoms with van der Waals surface area (Å²) in [7, 11) is 0. The van der Waals surface area contributed by atoms with Crippen molar-refractivity contribution in [3.05, 3.63) is 11.7 Å². The van der Waals surface area contributed by atoms with Gasteiger partial charge in [-0.15, -0.1) is 0 Å². The zero-order chi connectivity index (χ0) is 17.0. The van der Waals surface area contributed by atoms with Crippen LogP contribution in [0.2, 0.25) is 0 Å². The first-order valence-corrected chi connectivity index (χ1v) is 7.53. The molecule has 1 aromatic rings. The first-order chi connectivity index (χ1) is 10.0. The number of aromatic nitrogens is 2. The van der Waals surface area contributed by atoms with Crippen LogP contribution in [0.1, 0.15) is 53.3 Å². The molecule has 0 aliphatic rings. The molecular formula is C15H28N4O3. The first-order valence-electron chi connectivity index (χ1n) is 7.53. The van der Waals surface area contributed by atoms with Gasteiger partial charge in [-0.05, 0) is 33.6 Å². The number of carbonyl (C=O) groups excluding carboxylic acids is 1. The summed E-state index contributed by atoms with van der Waals surface area (Å²) in [6, 6.07) is 0. The van der Waals surface area contributed by atoms with Crippen LogP contribution in [0.4, 0.5) is 4.79 Å². The van der Waals surface area contributed by atoms with Crippen molar-refractivity contribution in [3.63, 3.8) is 0 Å². The van der Waals surface area contributed by atoms with Crippen LogP contribution in [-0.4, -0.2) is 33.9 Å². The summed E-state index contributed by atoms with van der Waals surface area (Å²) in [5, 5.41) is 10.1. The van der Waals surface area contributed by atoms with Gasteiger partial charge in [-0.2, -0.15) is 4.98 Å². The second-order valence-electron chi connectivity index (χ2n) is 7.01. The molecule has 1 rings (SSSR count). The number of nitrogens with zero attached hydrogens (tertiary/aromatic N) is 2. The van der Waals surface area contributed by atoms with Crippen LogP contribution in [0.3, 0.4) is 0 Å². The second kappa shape index (κ2) is 7.09. The summed E-state index contributed by atoms with van der Waals surface area (Å²) < 4.78 is 10.2. The molecule has 0 radical (unpaired) electrons. The zero-order valence-electron chi connectivity index (χ0n) is 14.6. The van der Waals surface area contributed by atoms with Gasteiger partial charge in [0.25, 0.3) is 0 Å². The average molecular weight is 312 g/mol. The highest BCUT2D eigenvalue weighted by Gasteiger charge is 2.29. The van der Waals surface area contributed by atoms with E-state index >= 15 is 0 Å². The van der Waals surface area contributed by atoms with E-state index in [0.717, 1.165) is 0 Å². The topological polar surface area (TPSA) is 89.3 Å². The van der Waals surface area contributed by atoms with Crippen molar-refractivity contribution in [1.29, 1.82) is 0 Å². The van der Waals surface area contributed by atoms with Crippen LogP contribution < -0.4 is 10.6 Å². The summed E-state index contributed by atoms with van der Waals surface area (Å²) in [5.74, 6) is 1.42. The van der Waals surface area contributed by atoms with Gasteiger partial charge in [0, 0.05) is 19.0 Å². The number of carbonyl (C=O) groups is 1. The van der Waals surface area contributed by atoms with Gasteiger partial charge in [0.2, 0.25) is 5.89 Å². The molecule has 0 saturated heterocycles. The molecule has 1 heterocycles. The number of hydrogen-bond acceptors (Lipinski definition) is 6. The Bertz CT molecular complexity index is 493. The molecule has 22 heavy (non-hydrogen) atoms. The minimum absolute atomic E-state index is 0.287. The predicted octanol–water partition coefficient (Wildman–Crippen LogP) is 2.41. The largest absolute Gasteiger partial charge is 0.444 e. The first kappa shape index (κ1) is 18.4. The van der Waals surface area contributed by atoms with Crippen LogP contribution in [0, 0.1) is 12.8 Å². The number of aryl methyl sites for hydroxylation is 1. The van der Waals surface area contributed by atoms with E-state index in [-0.39, 0.29) is 11.5 Å². The highest BCUT2D eigenvalue weighted by atomic mass is 16.6. The third-order valence-corrected chi connectivity index (χ3v) is 3.49. The van der Waals surface area contributed by atoms with E-state index in [4.69, 9.17) is 9.26 Å². The van der Waals surface area contributed by atoms with Gasteiger partial charge < -0.3 is 19.9 Å².